The number of benzene rings is 4. The molecule has 202 valence electrons. The summed E-state index contributed by atoms with van der Waals surface area (Å²) in [6.07, 6.45) is 6.35. The first kappa shape index (κ1) is 27.4. The van der Waals surface area contributed by atoms with Crippen molar-refractivity contribution in [2.45, 2.75) is 44.9 Å². The number of aryl methyl sites for hydroxylation is 1. The van der Waals surface area contributed by atoms with Crippen molar-refractivity contribution >= 4 is 28.5 Å². The fraction of sp³-hybridized carbons (Fsp3) is 0.200. The van der Waals surface area contributed by atoms with E-state index in [0.717, 1.165) is 47.9 Å². The smallest absolute Gasteiger partial charge is 0.323 e. The monoisotopic (exact) mass is 550 g/mol. The van der Waals surface area contributed by atoms with Gasteiger partial charge in [0.2, 0.25) is 5.43 Å². The number of ether oxygens (including phenoxy) is 1. The van der Waals surface area contributed by atoms with Crippen LogP contribution in [0.2, 0.25) is 5.02 Å². The molecule has 4 nitrogen and oxygen atoms in total. The van der Waals surface area contributed by atoms with Crippen molar-refractivity contribution in [2.24, 2.45) is 0 Å². The molecular weight excluding hydrogens is 520 g/mol. The topological polar surface area (TPSA) is 56.5 Å². The zero-order chi connectivity index (χ0) is 27.9. The van der Waals surface area contributed by atoms with E-state index in [4.69, 9.17) is 20.8 Å². The average Bonchev–Trinajstić information content (AvgIpc) is 2.98. The third-order valence-electron chi connectivity index (χ3n) is 7.12. The van der Waals surface area contributed by atoms with Crippen LogP contribution in [0.4, 0.5) is 0 Å². The van der Waals surface area contributed by atoms with E-state index < -0.39 is 5.92 Å². The minimum Gasteiger partial charge on any atom is -0.463 e. The van der Waals surface area contributed by atoms with E-state index in [1.54, 1.807) is 30.3 Å². The molecule has 1 aromatic heterocycles. The van der Waals surface area contributed by atoms with Gasteiger partial charge in [0.05, 0.1) is 10.9 Å². The Morgan fingerprint density at radius 1 is 0.850 bits per heavy atom. The highest BCUT2D eigenvalue weighted by Crippen LogP contribution is 2.32. The third-order valence-corrected chi connectivity index (χ3v) is 7.37. The normalized spacial score (nSPS) is 11.2. The van der Waals surface area contributed by atoms with Crippen LogP contribution >= 0.6 is 11.6 Å². The molecule has 0 aliphatic carbocycles. The lowest BCUT2D eigenvalue weighted by atomic mass is 9.91. The van der Waals surface area contributed by atoms with Gasteiger partial charge in [0.15, 0.2) is 0 Å². The molecule has 40 heavy (non-hydrogen) atoms. The van der Waals surface area contributed by atoms with Gasteiger partial charge in [-0.3, -0.25) is 9.59 Å². The first-order valence-corrected chi connectivity index (χ1v) is 14.1. The van der Waals surface area contributed by atoms with Gasteiger partial charge >= 0.3 is 5.97 Å². The van der Waals surface area contributed by atoms with Gasteiger partial charge in [-0.05, 0) is 53.3 Å². The highest BCUT2D eigenvalue weighted by atomic mass is 35.5. The van der Waals surface area contributed by atoms with Crippen LogP contribution in [0.25, 0.3) is 22.1 Å². The molecule has 0 fully saturated rings. The quantitative estimate of drug-likeness (QED) is 0.0988. The standard InChI is InChI=1S/C35H31ClO4/c1-2-3-4-7-16-27-21-29-32(39-23-30(34(29)37)24-17-19-28(36)20-18-24)22-31(27)40-35(38)33(25-12-8-5-9-13-25)26-14-10-6-11-15-26/h5-6,8-15,17-23,33H,2-4,7,16H2,1H3. The van der Waals surface area contributed by atoms with E-state index in [-0.39, 0.29) is 11.4 Å². The summed E-state index contributed by atoms with van der Waals surface area (Å²) in [7, 11) is 0. The van der Waals surface area contributed by atoms with Gasteiger partial charge in [0, 0.05) is 11.1 Å². The minimum absolute atomic E-state index is 0.136. The van der Waals surface area contributed by atoms with Crippen molar-refractivity contribution < 1.29 is 13.9 Å². The summed E-state index contributed by atoms with van der Waals surface area (Å²) in [5.74, 6) is -0.551. The van der Waals surface area contributed by atoms with Crippen molar-refractivity contribution in [2.75, 3.05) is 0 Å². The number of carbonyl (C=O) groups is 1. The summed E-state index contributed by atoms with van der Waals surface area (Å²) in [4.78, 5) is 27.3. The van der Waals surface area contributed by atoms with Gasteiger partial charge in [-0.2, -0.15) is 0 Å². The first-order valence-electron chi connectivity index (χ1n) is 13.7. The van der Waals surface area contributed by atoms with Crippen LogP contribution in [0.15, 0.2) is 113 Å². The number of rotatable bonds is 10. The van der Waals surface area contributed by atoms with Crippen molar-refractivity contribution in [1.82, 2.24) is 0 Å². The van der Waals surface area contributed by atoms with Crippen LogP contribution in [0, 0.1) is 0 Å². The molecule has 5 heteroatoms. The first-order chi connectivity index (χ1) is 19.5. The van der Waals surface area contributed by atoms with E-state index in [1.807, 2.05) is 66.7 Å². The molecular formula is C35H31ClO4. The fourth-order valence-corrected chi connectivity index (χ4v) is 5.11. The molecule has 0 spiro atoms. The van der Waals surface area contributed by atoms with Crippen molar-refractivity contribution in [3.05, 3.63) is 135 Å². The van der Waals surface area contributed by atoms with Crippen LogP contribution < -0.4 is 10.2 Å². The largest absolute Gasteiger partial charge is 0.463 e. The van der Waals surface area contributed by atoms with E-state index in [0.29, 0.717) is 33.7 Å². The summed E-state index contributed by atoms with van der Waals surface area (Å²) in [6.45, 7) is 2.17. The van der Waals surface area contributed by atoms with Crippen molar-refractivity contribution in [3.8, 4) is 16.9 Å². The molecule has 0 aliphatic rings. The number of halogens is 1. The van der Waals surface area contributed by atoms with Crippen LogP contribution in [-0.4, -0.2) is 5.97 Å². The fourth-order valence-electron chi connectivity index (χ4n) is 4.99. The molecule has 0 N–H and O–H groups in total. The van der Waals surface area contributed by atoms with Gasteiger partial charge in [-0.15, -0.1) is 0 Å². The van der Waals surface area contributed by atoms with Gasteiger partial charge < -0.3 is 9.15 Å². The average molecular weight is 551 g/mol. The van der Waals surface area contributed by atoms with E-state index in [2.05, 4.69) is 6.92 Å². The van der Waals surface area contributed by atoms with Gasteiger partial charge in [-0.25, -0.2) is 0 Å². The van der Waals surface area contributed by atoms with Gasteiger partial charge in [0.25, 0.3) is 0 Å². The number of carbonyl (C=O) groups excluding carboxylic acids is 1. The van der Waals surface area contributed by atoms with Crippen molar-refractivity contribution in [1.29, 1.82) is 0 Å². The second-order valence-electron chi connectivity index (χ2n) is 9.93. The molecule has 5 rings (SSSR count). The second-order valence-corrected chi connectivity index (χ2v) is 10.4. The Kier molecular flexibility index (Phi) is 8.78. The lowest BCUT2D eigenvalue weighted by Gasteiger charge is -2.19. The molecule has 0 unspecified atom stereocenters. The van der Waals surface area contributed by atoms with Crippen LogP contribution in [-0.2, 0) is 11.2 Å². The Balaban J connectivity index is 1.55. The van der Waals surface area contributed by atoms with Crippen LogP contribution in [0.5, 0.6) is 5.75 Å². The van der Waals surface area contributed by atoms with Crippen molar-refractivity contribution in [3.63, 3.8) is 0 Å². The highest BCUT2D eigenvalue weighted by molar-refractivity contribution is 6.30. The molecule has 0 amide bonds. The Bertz CT molecular complexity index is 1600. The SMILES string of the molecule is CCCCCCc1cc2c(=O)c(-c3ccc(Cl)cc3)coc2cc1OC(=O)C(c1ccccc1)c1ccccc1. The zero-order valence-corrected chi connectivity index (χ0v) is 23.2. The highest BCUT2D eigenvalue weighted by Gasteiger charge is 2.26. The van der Waals surface area contributed by atoms with Gasteiger partial charge in [-0.1, -0.05) is 111 Å². The number of esters is 1. The van der Waals surface area contributed by atoms with E-state index in [9.17, 15) is 9.59 Å². The number of unbranched alkanes of at least 4 members (excludes halogenated alkanes) is 3. The Morgan fingerprint density at radius 3 is 2.12 bits per heavy atom. The summed E-state index contributed by atoms with van der Waals surface area (Å²) in [6, 6.07) is 29.9. The summed E-state index contributed by atoms with van der Waals surface area (Å²) < 4.78 is 12.1. The minimum atomic E-state index is -0.592. The maximum atomic E-state index is 13.8. The summed E-state index contributed by atoms with van der Waals surface area (Å²) in [5.41, 5.74) is 3.94. The number of fused-ring (bicyclic) bond motifs is 1. The number of hydrogen-bond donors (Lipinski definition) is 0. The predicted octanol–water partition coefficient (Wildman–Crippen LogP) is 8.97. The van der Waals surface area contributed by atoms with E-state index in [1.165, 1.54) is 6.26 Å². The molecule has 0 bridgehead atoms. The summed E-state index contributed by atoms with van der Waals surface area (Å²) in [5, 5.41) is 1.06. The van der Waals surface area contributed by atoms with E-state index >= 15 is 0 Å². The zero-order valence-electron chi connectivity index (χ0n) is 22.4. The lowest BCUT2D eigenvalue weighted by Crippen LogP contribution is -2.20. The Morgan fingerprint density at radius 2 is 1.50 bits per heavy atom. The molecule has 0 aliphatic heterocycles. The molecule has 0 saturated carbocycles. The molecule has 0 radical (unpaired) electrons. The van der Waals surface area contributed by atoms with Gasteiger partial charge in [0.1, 0.15) is 23.5 Å². The summed E-state index contributed by atoms with van der Waals surface area (Å²) >= 11 is 6.04. The third kappa shape index (κ3) is 6.19. The maximum absolute atomic E-state index is 13.8. The predicted molar refractivity (Wildman–Crippen MR) is 161 cm³/mol. The molecule has 4 aromatic carbocycles. The lowest BCUT2D eigenvalue weighted by molar-refractivity contribution is -0.135. The van der Waals surface area contributed by atoms with Crippen LogP contribution in [0.3, 0.4) is 0 Å². The Labute approximate surface area is 239 Å². The number of hydrogen-bond acceptors (Lipinski definition) is 4. The molecule has 5 aromatic rings. The maximum Gasteiger partial charge on any atom is 0.323 e. The van der Waals surface area contributed by atoms with Crippen LogP contribution in [0.1, 0.15) is 55.2 Å². The molecule has 0 atom stereocenters. The second kappa shape index (κ2) is 12.8. The molecule has 1 heterocycles. The Hall–Kier alpha value is -4.15. The molecule has 0 saturated heterocycles.